The SMILES string of the molecule is Cc1cc(C)n2cc(CN(C)CC3CCN(CCO)CC3)nc2n1. The number of nitrogens with zero attached hydrogens (tertiary/aromatic N) is 5. The summed E-state index contributed by atoms with van der Waals surface area (Å²) < 4.78 is 2.07. The van der Waals surface area contributed by atoms with Gasteiger partial charge in [-0.05, 0) is 58.8 Å². The third-order valence-corrected chi connectivity index (χ3v) is 4.94. The molecule has 3 rings (SSSR count). The molecule has 1 aliphatic heterocycles. The first kappa shape index (κ1) is 17.3. The first-order valence-corrected chi connectivity index (χ1v) is 8.89. The molecule has 6 heteroatoms. The summed E-state index contributed by atoms with van der Waals surface area (Å²) >= 11 is 0. The van der Waals surface area contributed by atoms with Crippen molar-refractivity contribution < 1.29 is 5.11 Å². The summed E-state index contributed by atoms with van der Waals surface area (Å²) in [5.74, 6) is 1.54. The van der Waals surface area contributed by atoms with Gasteiger partial charge in [0, 0.05) is 37.2 Å². The van der Waals surface area contributed by atoms with Crippen LogP contribution < -0.4 is 0 Å². The highest BCUT2D eigenvalue weighted by molar-refractivity contribution is 5.34. The van der Waals surface area contributed by atoms with Crippen LogP contribution in [-0.2, 0) is 6.54 Å². The standard InChI is InChI=1S/C18H29N5O/c1-14-10-15(2)23-13-17(20-18(23)19-14)12-21(3)11-16-4-6-22(7-5-16)8-9-24/h10,13,16,24H,4-9,11-12H2,1-3H3. The Labute approximate surface area is 144 Å². The zero-order valence-corrected chi connectivity index (χ0v) is 15.1. The number of fused-ring (bicyclic) bond motifs is 1. The molecule has 0 atom stereocenters. The smallest absolute Gasteiger partial charge is 0.234 e. The Morgan fingerprint density at radius 2 is 2.00 bits per heavy atom. The van der Waals surface area contributed by atoms with E-state index in [2.05, 4.69) is 50.4 Å². The average Bonchev–Trinajstić information content (AvgIpc) is 2.92. The molecule has 0 aliphatic carbocycles. The van der Waals surface area contributed by atoms with Gasteiger partial charge in [0.15, 0.2) is 0 Å². The predicted octanol–water partition coefficient (Wildman–Crippen LogP) is 1.48. The molecule has 1 aliphatic rings. The fourth-order valence-electron chi connectivity index (χ4n) is 3.71. The van der Waals surface area contributed by atoms with Crippen LogP contribution >= 0.6 is 0 Å². The van der Waals surface area contributed by atoms with Gasteiger partial charge in [-0.15, -0.1) is 0 Å². The van der Waals surface area contributed by atoms with E-state index in [0.29, 0.717) is 0 Å². The normalized spacial score (nSPS) is 17.2. The fourth-order valence-corrected chi connectivity index (χ4v) is 3.71. The summed E-state index contributed by atoms with van der Waals surface area (Å²) in [4.78, 5) is 13.9. The van der Waals surface area contributed by atoms with Crippen LogP contribution in [0.15, 0.2) is 12.3 Å². The van der Waals surface area contributed by atoms with Crippen molar-refractivity contribution in [2.75, 3.05) is 39.8 Å². The fraction of sp³-hybridized carbons (Fsp3) is 0.667. The number of aromatic nitrogens is 3. The van der Waals surface area contributed by atoms with E-state index in [1.807, 2.05) is 6.92 Å². The van der Waals surface area contributed by atoms with Crippen LogP contribution in [-0.4, -0.2) is 69.1 Å². The Bertz CT molecular complexity index is 675. The molecule has 0 bridgehead atoms. The lowest BCUT2D eigenvalue weighted by molar-refractivity contribution is 0.129. The van der Waals surface area contributed by atoms with Gasteiger partial charge in [-0.1, -0.05) is 0 Å². The Balaban J connectivity index is 1.55. The minimum absolute atomic E-state index is 0.269. The van der Waals surface area contributed by atoms with Gasteiger partial charge in [0.1, 0.15) is 0 Å². The summed E-state index contributed by atoms with van der Waals surface area (Å²) in [5.41, 5.74) is 3.27. The lowest BCUT2D eigenvalue weighted by atomic mass is 9.96. The first-order chi connectivity index (χ1) is 11.5. The third-order valence-electron chi connectivity index (χ3n) is 4.94. The summed E-state index contributed by atoms with van der Waals surface area (Å²) in [6.45, 7) is 9.37. The van der Waals surface area contributed by atoms with E-state index in [0.717, 1.165) is 55.8 Å². The molecule has 2 aromatic heterocycles. The van der Waals surface area contributed by atoms with Gasteiger partial charge in [-0.25, -0.2) is 9.97 Å². The van der Waals surface area contributed by atoms with Crippen LogP contribution in [0.1, 0.15) is 29.9 Å². The second kappa shape index (κ2) is 7.59. The van der Waals surface area contributed by atoms with E-state index in [1.165, 1.54) is 18.5 Å². The minimum atomic E-state index is 0.269. The van der Waals surface area contributed by atoms with Crippen molar-refractivity contribution >= 4 is 5.78 Å². The number of likely N-dealkylation sites (tertiary alicyclic amines) is 1. The summed E-state index contributed by atoms with van der Waals surface area (Å²) in [7, 11) is 2.18. The van der Waals surface area contributed by atoms with Crippen LogP contribution in [0.5, 0.6) is 0 Å². The van der Waals surface area contributed by atoms with Crippen molar-refractivity contribution in [3.8, 4) is 0 Å². The van der Waals surface area contributed by atoms with E-state index in [9.17, 15) is 0 Å². The Hall–Kier alpha value is -1.50. The molecule has 1 saturated heterocycles. The molecule has 1 fully saturated rings. The van der Waals surface area contributed by atoms with Crippen molar-refractivity contribution in [2.45, 2.75) is 33.2 Å². The molecule has 0 spiro atoms. The number of aliphatic hydroxyl groups excluding tert-OH is 1. The average molecular weight is 331 g/mol. The number of hydrogen-bond donors (Lipinski definition) is 1. The third kappa shape index (κ3) is 4.12. The first-order valence-electron chi connectivity index (χ1n) is 8.89. The maximum atomic E-state index is 9.03. The van der Waals surface area contributed by atoms with Gasteiger partial charge >= 0.3 is 0 Å². The van der Waals surface area contributed by atoms with Gasteiger partial charge in [0.2, 0.25) is 5.78 Å². The number of aliphatic hydroxyl groups is 1. The van der Waals surface area contributed by atoms with Crippen molar-refractivity contribution in [3.63, 3.8) is 0 Å². The number of aryl methyl sites for hydroxylation is 2. The highest BCUT2D eigenvalue weighted by Crippen LogP contribution is 2.18. The Morgan fingerprint density at radius 1 is 1.25 bits per heavy atom. The van der Waals surface area contributed by atoms with Crippen molar-refractivity contribution in [1.29, 1.82) is 0 Å². The number of imidazole rings is 1. The molecule has 0 unspecified atom stereocenters. The number of piperidine rings is 1. The highest BCUT2D eigenvalue weighted by atomic mass is 16.3. The molecule has 0 radical (unpaired) electrons. The van der Waals surface area contributed by atoms with Crippen LogP contribution in [0.4, 0.5) is 0 Å². The van der Waals surface area contributed by atoms with Gasteiger partial charge in [-0.2, -0.15) is 0 Å². The van der Waals surface area contributed by atoms with Gasteiger partial charge < -0.3 is 14.9 Å². The molecule has 2 aromatic rings. The summed E-state index contributed by atoms with van der Waals surface area (Å²) in [5, 5.41) is 9.03. The van der Waals surface area contributed by atoms with Crippen molar-refractivity contribution in [2.24, 2.45) is 5.92 Å². The van der Waals surface area contributed by atoms with Crippen LogP contribution in [0, 0.1) is 19.8 Å². The molecule has 0 amide bonds. The van der Waals surface area contributed by atoms with E-state index in [4.69, 9.17) is 5.11 Å². The van der Waals surface area contributed by atoms with Gasteiger partial charge in [0.05, 0.1) is 12.3 Å². The number of hydrogen-bond acceptors (Lipinski definition) is 5. The molecule has 0 saturated carbocycles. The van der Waals surface area contributed by atoms with E-state index >= 15 is 0 Å². The Kier molecular flexibility index (Phi) is 5.48. The minimum Gasteiger partial charge on any atom is -0.395 e. The predicted molar refractivity (Wildman–Crippen MR) is 95.0 cm³/mol. The van der Waals surface area contributed by atoms with Gasteiger partial charge in [0.25, 0.3) is 0 Å². The van der Waals surface area contributed by atoms with E-state index in [-0.39, 0.29) is 6.61 Å². The summed E-state index contributed by atoms with van der Waals surface area (Å²) in [6.07, 6.45) is 4.54. The second-order valence-electron chi connectivity index (χ2n) is 7.15. The molecule has 0 aromatic carbocycles. The van der Waals surface area contributed by atoms with E-state index < -0.39 is 0 Å². The quantitative estimate of drug-likeness (QED) is 0.869. The monoisotopic (exact) mass is 331 g/mol. The molecule has 1 N–H and O–H groups in total. The van der Waals surface area contributed by atoms with Crippen LogP contribution in [0.2, 0.25) is 0 Å². The van der Waals surface area contributed by atoms with E-state index in [1.54, 1.807) is 0 Å². The Morgan fingerprint density at radius 3 is 2.71 bits per heavy atom. The van der Waals surface area contributed by atoms with Crippen molar-refractivity contribution in [3.05, 3.63) is 29.3 Å². The van der Waals surface area contributed by atoms with Crippen LogP contribution in [0.3, 0.4) is 0 Å². The molecule has 132 valence electrons. The molecular formula is C18H29N5O. The summed E-state index contributed by atoms with van der Waals surface area (Å²) in [6, 6.07) is 2.09. The maximum absolute atomic E-state index is 9.03. The maximum Gasteiger partial charge on any atom is 0.234 e. The number of β-amino-alcohol motifs (C(OH)–C–C–N with tert-alkyl or cyclic N) is 1. The van der Waals surface area contributed by atoms with Gasteiger partial charge in [-0.3, -0.25) is 4.40 Å². The molecular weight excluding hydrogens is 302 g/mol. The van der Waals surface area contributed by atoms with Crippen LogP contribution in [0.25, 0.3) is 5.78 Å². The topological polar surface area (TPSA) is 56.9 Å². The molecule has 6 nitrogen and oxygen atoms in total. The lowest BCUT2D eigenvalue weighted by Crippen LogP contribution is -2.38. The molecule has 3 heterocycles. The zero-order valence-electron chi connectivity index (χ0n) is 15.1. The zero-order chi connectivity index (χ0) is 17.1. The second-order valence-corrected chi connectivity index (χ2v) is 7.15. The van der Waals surface area contributed by atoms with Crippen molar-refractivity contribution in [1.82, 2.24) is 24.2 Å². The number of rotatable bonds is 6. The highest BCUT2D eigenvalue weighted by Gasteiger charge is 2.20. The largest absolute Gasteiger partial charge is 0.395 e. The molecule has 24 heavy (non-hydrogen) atoms. The lowest BCUT2D eigenvalue weighted by Gasteiger charge is -2.33.